The topological polar surface area (TPSA) is 64.6 Å². The van der Waals surface area contributed by atoms with Crippen molar-refractivity contribution in [2.75, 3.05) is 38.3 Å². The number of methoxy groups -OCH3 is 1. The van der Waals surface area contributed by atoms with Gasteiger partial charge >= 0.3 is 0 Å². The Kier molecular flexibility index (Phi) is 6.28. The Hall–Kier alpha value is -3.25. The van der Waals surface area contributed by atoms with Crippen molar-refractivity contribution in [3.05, 3.63) is 71.2 Å². The number of ketones is 1. The monoisotopic (exact) mass is 417 g/mol. The molecule has 1 aromatic heterocycles. The lowest BCUT2D eigenvalue weighted by molar-refractivity contribution is 0.101. The van der Waals surface area contributed by atoms with Gasteiger partial charge in [0.25, 0.3) is 0 Å². The zero-order chi connectivity index (χ0) is 21.8. The van der Waals surface area contributed by atoms with Crippen LogP contribution >= 0.6 is 0 Å². The lowest BCUT2D eigenvalue weighted by Gasteiger charge is -2.28. The number of hydrogen-bond donors (Lipinski definition) is 0. The van der Waals surface area contributed by atoms with Crippen molar-refractivity contribution in [3.63, 3.8) is 0 Å². The van der Waals surface area contributed by atoms with Crippen LogP contribution in [0.5, 0.6) is 5.75 Å². The van der Waals surface area contributed by atoms with E-state index in [4.69, 9.17) is 14.5 Å². The van der Waals surface area contributed by atoms with Crippen LogP contribution < -0.4 is 9.64 Å². The number of aryl methyl sites for hydroxylation is 1. The summed E-state index contributed by atoms with van der Waals surface area (Å²) in [6, 6.07) is 14.2. The van der Waals surface area contributed by atoms with Gasteiger partial charge in [-0.2, -0.15) is 0 Å². The van der Waals surface area contributed by atoms with Gasteiger partial charge in [-0.1, -0.05) is 18.2 Å². The molecule has 31 heavy (non-hydrogen) atoms. The normalized spacial score (nSPS) is 13.8. The second kappa shape index (κ2) is 9.27. The fraction of sp³-hybridized carbons (Fsp3) is 0.320. The minimum Gasteiger partial charge on any atom is -0.496 e. The summed E-state index contributed by atoms with van der Waals surface area (Å²) in [7, 11) is 1.57. The van der Waals surface area contributed by atoms with E-state index in [0.717, 1.165) is 54.5 Å². The number of rotatable bonds is 6. The van der Waals surface area contributed by atoms with Crippen molar-refractivity contribution < 1.29 is 14.3 Å². The van der Waals surface area contributed by atoms with E-state index in [1.54, 1.807) is 13.2 Å². The van der Waals surface area contributed by atoms with Crippen LogP contribution in [-0.2, 0) is 11.2 Å². The maximum atomic E-state index is 11.8. The fourth-order valence-corrected chi connectivity index (χ4v) is 3.81. The van der Waals surface area contributed by atoms with E-state index in [9.17, 15) is 4.79 Å². The number of carbonyl (C=O) groups excluding carboxylic acids is 1. The first-order chi connectivity index (χ1) is 15.0. The van der Waals surface area contributed by atoms with Crippen molar-refractivity contribution >= 4 is 11.5 Å². The molecule has 1 aliphatic rings. The molecule has 0 bridgehead atoms. The molecule has 0 atom stereocenters. The van der Waals surface area contributed by atoms with Gasteiger partial charge in [-0.3, -0.25) is 4.79 Å². The number of ether oxygens (including phenoxy) is 2. The average Bonchev–Trinajstić information content (AvgIpc) is 2.81. The molecule has 0 amide bonds. The van der Waals surface area contributed by atoms with Gasteiger partial charge in [0.2, 0.25) is 0 Å². The van der Waals surface area contributed by atoms with Gasteiger partial charge in [0, 0.05) is 37.0 Å². The zero-order valence-corrected chi connectivity index (χ0v) is 18.2. The fourth-order valence-electron chi connectivity index (χ4n) is 3.81. The molecule has 2 heterocycles. The molecule has 2 aromatic carbocycles. The van der Waals surface area contributed by atoms with E-state index >= 15 is 0 Å². The Labute approximate surface area is 182 Å². The number of morpholine rings is 1. The standard InChI is InChI=1S/C25H27N3O3/c1-17-16-26-24(14-19-4-7-21(8-5-19)28-10-12-31-13-11-28)27-25(17)20-6-9-22(18(2)29)23(15-20)30-3/h4-9,15-16H,10-14H2,1-3H3. The smallest absolute Gasteiger partial charge is 0.163 e. The summed E-state index contributed by atoms with van der Waals surface area (Å²) in [4.78, 5) is 23.5. The number of nitrogens with zero attached hydrogens (tertiary/aromatic N) is 3. The maximum Gasteiger partial charge on any atom is 0.163 e. The molecule has 0 radical (unpaired) electrons. The average molecular weight is 418 g/mol. The van der Waals surface area contributed by atoms with Gasteiger partial charge in [0.05, 0.1) is 31.6 Å². The summed E-state index contributed by atoms with van der Waals surface area (Å²) >= 11 is 0. The number of carbonyl (C=O) groups is 1. The van der Waals surface area contributed by atoms with E-state index in [1.807, 2.05) is 25.3 Å². The Morgan fingerprint density at radius 1 is 1.13 bits per heavy atom. The molecule has 3 aromatic rings. The quantitative estimate of drug-likeness (QED) is 0.563. The first-order valence-electron chi connectivity index (χ1n) is 10.5. The highest BCUT2D eigenvalue weighted by atomic mass is 16.5. The third-order valence-corrected chi connectivity index (χ3v) is 5.55. The second-order valence-corrected chi connectivity index (χ2v) is 7.73. The zero-order valence-electron chi connectivity index (χ0n) is 18.2. The highest BCUT2D eigenvalue weighted by Gasteiger charge is 2.14. The van der Waals surface area contributed by atoms with Crippen LogP contribution in [-0.4, -0.2) is 49.2 Å². The minimum absolute atomic E-state index is 0.0241. The number of anilines is 1. The Balaban J connectivity index is 1.56. The van der Waals surface area contributed by atoms with Gasteiger partial charge < -0.3 is 14.4 Å². The lowest BCUT2D eigenvalue weighted by atomic mass is 10.0. The van der Waals surface area contributed by atoms with Crippen LogP contribution in [0.1, 0.15) is 34.2 Å². The van der Waals surface area contributed by atoms with Gasteiger partial charge in [0.15, 0.2) is 5.78 Å². The van der Waals surface area contributed by atoms with Gasteiger partial charge in [0.1, 0.15) is 11.6 Å². The summed E-state index contributed by atoms with van der Waals surface area (Å²) < 4.78 is 10.9. The summed E-state index contributed by atoms with van der Waals surface area (Å²) in [5.74, 6) is 1.29. The number of benzene rings is 2. The van der Waals surface area contributed by atoms with E-state index in [0.29, 0.717) is 17.7 Å². The van der Waals surface area contributed by atoms with Crippen LogP contribution in [0.4, 0.5) is 5.69 Å². The summed E-state index contributed by atoms with van der Waals surface area (Å²) in [6.07, 6.45) is 2.50. The molecule has 0 saturated carbocycles. The molecule has 0 N–H and O–H groups in total. The number of aromatic nitrogens is 2. The Morgan fingerprint density at radius 2 is 1.87 bits per heavy atom. The predicted octanol–water partition coefficient (Wildman–Crippen LogP) is 4.09. The van der Waals surface area contributed by atoms with Crippen molar-refractivity contribution in [2.45, 2.75) is 20.3 Å². The van der Waals surface area contributed by atoms with E-state index < -0.39 is 0 Å². The molecule has 1 aliphatic heterocycles. The van der Waals surface area contributed by atoms with Crippen molar-refractivity contribution in [1.29, 1.82) is 0 Å². The molecule has 0 spiro atoms. The Morgan fingerprint density at radius 3 is 2.55 bits per heavy atom. The minimum atomic E-state index is -0.0241. The SMILES string of the molecule is COc1cc(-c2nc(Cc3ccc(N4CCOCC4)cc3)ncc2C)ccc1C(C)=O. The molecule has 6 nitrogen and oxygen atoms in total. The summed E-state index contributed by atoms with van der Waals surface area (Å²) in [5, 5.41) is 0. The van der Waals surface area contributed by atoms with E-state index in [2.05, 4.69) is 34.1 Å². The van der Waals surface area contributed by atoms with Crippen LogP contribution in [0.25, 0.3) is 11.3 Å². The number of hydrogen-bond acceptors (Lipinski definition) is 6. The highest BCUT2D eigenvalue weighted by Crippen LogP contribution is 2.28. The third kappa shape index (κ3) is 4.75. The maximum absolute atomic E-state index is 11.8. The van der Waals surface area contributed by atoms with Crippen LogP contribution in [0.3, 0.4) is 0 Å². The molecule has 1 saturated heterocycles. The molecule has 6 heteroatoms. The summed E-state index contributed by atoms with van der Waals surface area (Å²) in [6.45, 7) is 6.93. The molecule has 160 valence electrons. The van der Waals surface area contributed by atoms with Crippen LogP contribution in [0.2, 0.25) is 0 Å². The molecule has 0 unspecified atom stereocenters. The molecule has 1 fully saturated rings. The van der Waals surface area contributed by atoms with Crippen molar-refractivity contribution in [3.8, 4) is 17.0 Å². The largest absolute Gasteiger partial charge is 0.496 e. The predicted molar refractivity (Wildman–Crippen MR) is 121 cm³/mol. The third-order valence-electron chi connectivity index (χ3n) is 5.55. The van der Waals surface area contributed by atoms with Gasteiger partial charge in [-0.25, -0.2) is 9.97 Å². The lowest BCUT2D eigenvalue weighted by Crippen LogP contribution is -2.36. The van der Waals surface area contributed by atoms with E-state index in [-0.39, 0.29) is 5.78 Å². The Bertz CT molecular complexity index is 1070. The molecule has 0 aliphatic carbocycles. The first-order valence-corrected chi connectivity index (χ1v) is 10.5. The van der Waals surface area contributed by atoms with E-state index in [1.165, 1.54) is 12.6 Å². The molecular formula is C25H27N3O3. The number of Topliss-reactive ketones (excluding diaryl/α,β-unsaturated/α-hetero) is 1. The molecular weight excluding hydrogens is 390 g/mol. The van der Waals surface area contributed by atoms with Crippen LogP contribution in [0, 0.1) is 6.92 Å². The van der Waals surface area contributed by atoms with Gasteiger partial charge in [-0.15, -0.1) is 0 Å². The summed E-state index contributed by atoms with van der Waals surface area (Å²) in [5.41, 5.74) is 5.68. The molecule has 4 rings (SSSR count). The second-order valence-electron chi connectivity index (χ2n) is 7.73. The first kappa shape index (κ1) is 21.0. The highest BCUT2D eigenvalue weighted by molar-refractivity contribution is 5.97. The van der Waals surface area contributed by atoms with Gasteiger partial charge in [-0.05, 0) is 49.2 Å². The van der Waals surface area contributed by atoms with Crippen LogP contribution in [0.15, 0.2) is 48.7 Å². The van der Waals surface area contributed by atoms with Crippen molar-refractivity contribution in [2.24, 2.45) is 0 Å². The van der Waals surface area contributed by atoms with Crippen molar-refractivity contribution in [1.82, 2.24) is 9.97 Å².